The third-order valence-corrected chi connectivity index (χ3v) is 6.39. The van der Waals surface area contributed by atoms with E-state index in [9.17, 15) is 27.9 Å². The van der Waals surface area contributed by atoms with Crippen molar-refractivity contribution in [3.8, 4) is 29.1 Å². The van der Waals surface area contributed by atoms with Crippen LogP contribution in [0.15, 0.2) is 78.6 Å². The Morgan fingerprint density at radius 1 is 0.826 bits per heavy atom. The molecule has 3 rings (SSSR count). The molecule has 0 aliphatic carbocycles. The van der Waals surface area contributed by atoms with Crippen LogP contribution in [-0.2, 0) is 15.8 Å². The molecular weight excluding hydrogens is 605 g/mol. The van der Waals surface area contributed by atoms with E-state index in [2.05, 4.69) is 5.32 Å². The SMILES string of the molecule is COc1ccc(/C=C/C(O)=C/C(=O)/C=C/c2ccc(OC(C)(C)C(=O)Nc3ccc(C#N)c(C(F)(F)F)c3)c(OC)c2)cc1OC. The number of nitrogens with one attached hydrogen (secondary N) is 1. The number of hydrogen-bond donors (Lipinski definition) is 2. The molecular formula is C34H31F3N2O7. The molecule has 0 saturated carbocycles. The number of ketones is 1. The second-order valence-corrected chi connectivity index (χ2v) is 10.1. The molecule has 0 fully saturated rings. The average Bonchev–Trinajstić information content (AvgIpc) is 3.02. The van der Waals surface area contributed by atoms with Gasteiger partial charge in [0.1, 0.15) is 5.76 Å². The fraction of sp³-hybridized carbons (Fsp3) is 0.206. The van der Waals surface area contributed by atoms with Crippen molar-refractivity contribution in [2.75, 3.05) is 26.6 Å². The lowest BCUT2D eigenvalue weighted by molar-refractivity contribution is -0.137. The average molecular weight is 637 g/mol. The van der Waals surface area contributed by atoms with Gasteiger partial charge in [-0.05, 0) is 79.6 Å². The molecule has 0 spiro atoms. The number of allylic oxidation sites excluding steroid dienone is 3. The van der Waals surface area contributed by atoms with E-state index in [1.54, 1.807) is 36.4 Å². The molecule has 0 heterocycles. The van der Waals surface area contributed by atoms with Crippen LogP contribution in [0.3, 0.4) is 0 Å². The van der Waals surface area contributed by atoms with Crippen LogP contribution < -0.4 is 24.3 Å². The molecule has 0 aliphatic rings. The lowest BCUT2D eigenvalue weighted by atomic mass is 10.1. The highest BCUT2D eigenvalue weighted by Crippen LogP contribution is 2.35. The standard InChI is InChI=1S/C34H31F3N2O7/c1-33(2,32(42)39-24-11-10-23(20-38)27(18-24)34(35,36)37)46-29-15-9-22(17-31(29)45-5)7-13-26(41)19-25(40)12-6-21-8-14-28(43-3)30(16-21)44-4/h6-19,40H,1-5H3,(H,39,42)/b12-6+,13-7+,25-19-. The minimum atomic E-state index is -4.79. The van der Waals surface area contributed by atoms with Crippen molar-refractivity contribution in [2.45, 2.75) is 25.6 Å². The minimum Gasteiger partial charge on any atom is -0.508 e. The topological polar surface area (TPSA) is 127 Å². The Morgan fingerprint density at radius 3 is 1.96 bits per heavy atom. The molecule has 3 aromatic carbocycles. The second kappa shape index (κ2) is 14.9. The molecule has 12 heteroatoms. The summed E-state index contributed by atoms with van der Waals surface area (Å²) in [5.74, 6) is -0.101. The quantitative estimate of drug-likeness (QED) is 0.122. The van der Waals surface area contributed by atoms with Crippen LogP contribution in [0.25, 0.3) is 12.2 Å². The van der Waals surface area contributed by atoms with Gasteiger partial charge in [-0.15, -0.1) is 0 Å². The van der Waals surface area contributed by atoms with Gasteiger partial charge in [-0.3, -0.25) is 9.59 Å². The number of amides is 1. The maximum Gasteiger partial charge on any atom is 0.417 e. The number of rotatable bonds is 12. The van der Waals surface area contributed by atoms with Gasteiger partial charge in [0.2, 0.25) is 0 Å². The van der Waals surface area contributed by atoms with Crippen molar-refractivity contribution in [2.24, 2.45) is 0 Å². The number of ether oxygens (including phenoxy) is 4. The zero-order chi connectivity index (χ0) is 34.1. The van der Waals surface area contributed by atoms with Crippen molar-refractivity contribution < 1.29 is 46.8 Å². The second-order valence-electron chi connectivity index (χ2n) is 10.1. The van der Waals surface area contributed by atoms with Gasteiger partial charge in [0.15, 0.2) is 34.4 Å². The number of anilines is 1. The van der Waals surface area contributed by atoms with E-state index >= 15 is 0 Å². The van der Waals surface area contributed by atoms with Crippen LogP contribution in [0.5, 0.6) is 23.0 Å². The molecule has 0 saturated heterocycles. The number of carbonyl (C=O) groups excluding carboxylic acids is 2. The number of hydrogen-bond acceptors (Lipinski definition) is 8. The van der Waals surface area contributed by atoms with Crippen molar-refractivity contribution >= 4 is 29.5 Å². The van der Waals surface area contributed by atoms with Gasteiger partial charge in [0, 0.05) is 11.8 Å². The van der Waals surface area contributed by atoms with Crippen molar-refractivity contribution in [1.82, 2.24) is 0 Å². The van der Waals surface area contributed by atoms with E-state index < -0.39 is 34.6 Å². The van der Waals surface area contributed by atoms with Gasteiger partial charge in [0.05, 0.1) is 38.5 Å². The molecule has 0 atom stereocenters. The van der Waals surface area contributed by atoms with E-state index in [1.165, 1.54) is 71.6 Å². The van der Waals surface area contributed by atoms with E-state index in [1.807, 2.05) is 0 Å². The molecule has 46 heavy (non-hydrogen) atoms. The first-order valence-corrected chi connectivity index (χ1v) is 13.5. The zero-order valence-corrected chi connectivity index (χ0v) is 25.6. The maximum atomic E-state index is 13.3. The van der Waals surface area contributed by atoms with Gasteiger partial charge < -0.3 is 29.4 Å². The van der Waals surface area contributed by atoms with Gasteiger partial charge in [-0.1, -0.05) is 24.3 Å². The largest absolute Gasteiger partial charge is 0.508 e. The molecule has 9 nitrogen and oxygen atoms in total. The molecule has 1 amide bonds. The fourth-order valence-corrected chi connectivity index (χ4v) is 3.99. The lowest BCUT2D eigenvalue weighted by Crippen LogP contribution is -2.42. The van der Waals surface area contributed by atoms with E-state index in [-0.39, 0.29) is 22.9 Å². The van der Waals surface area contributed by atoms with Crippen LogP contribution in [0.4, 0.5) is 18.9 Å². The van der Waals surface area contributed by atoms with Crippen LogP contribution in [0.2, 0.25) is 0 Å². The Bertz CT molecular complexity index is 1740. The van der Waals surface area contributed by atoms with Crippen LogP contribution in [0.1, 0.15) is 36.1 Å². The predicted molar refractivity (Wildman–Crippen MR) is 166 cm³/mol. The molecule has 0 bridgehead atoms. The van der Waals surface area contributed by atoms with E-state index in [0.717, 1.165) is 12.1 Å². The highest BCUT2D eigenvalue weighted by atomic mass is 19.4. The Labute approximate surface area is 263 Å². The molecule has 2 N–H and O–H groups in total. The number of nitrogens with zero attached hydrogens (tertiary/aromatic N) is 1. The summed E-state index contributed by atoms with van der Waals surface area (Å²) in [4.78, 5) is 25.4. The van der Waals surface area contributed by atoms with E-state index in [0.29, 0.717) is 28.7 Å². The third kappa shape index (κ3) is 9.15. The van der Waals surface area contributed by atoms with Gasteiger partial charge in [-0.25, -0.2) is 0 Å². The van der Waals surface area contributed by atoms with Crippen LogP contribution >= 0.6 is 0 Å². The molecule has 0 aromatic heterocycles. The number of nitriles is 1. The number of alkyl halides is 3. The number of benzene rings is 3. The normalized spacial score (nSPS) is 12.1. The molecule has 0 radical (unpaired) electrons. The number of halogens is 3. The zero-order valence-electron chi connectivity index (χ0n) is 25.6. The van der Waals surface area contributed by atoms with Gasteiger partial charge >= 0.3 is 6.18 Å². The summed E-state index contributed by atoms with van der Waals surface area (Å²) in [7, 11) is 4.39. The van der Waals surface area contributed by atoms with Gasteiger partial charge in [-0.2, -0.15) is 18.4 Å². The van der Waals surface area contributed by atoms with Crippen molar-refractivity contribution in [3.63, 3.8) is 0 Å². The maximum absolute atomic E-state index is 13.3. The Balaban J connectivity index is 1.69. The van der Waals surface area contributed by atoms with Crippen molar-refractivity contribution in [3.05, 3.63) is 101 Å². The summed E-state index contributed by atoms with van der Waals surface area (Å²) in [5, 5.41) is 21.5. The number of aliphatic hydroxyl groups excluding tert-OH is 1. The Hall–Kier alpha value is -5.70. The summed E-state index contributed by atoms with van der Waals surface area (Å²) in [6, 6.07) is 14.1. The smallest absolute Gasteiger partial charge is 0.417 e. The molecule has 0 aliphatic heterocycles. The van der Waals surface area contributed by atoms with Crippen molar-refractivity contribution in [1.29, 1.82) is 5.26 Å². The van der Waals surface area contributed by atoms with Crippen LogP contribution in [0, 0.1) is 11.3 Å². The first-order valence-electron chi connectivity index (χ1n) is 13.5. The third-order valence-electron chi connectivity index (χ3n) is 6.39. The number of carbonyl (C=O) groups is 2. The first-order chi connectivity index (χ1) is 21.7. The minimum absolute atomic E-state index is 0.153. The summed E-state index contributed by atoms with van der Waals surface area (Å²) in [6.45, 7) is 2.84. The van der Waals surface area contributed by atoms with E-state index in [4.69, 9.17) is 24.2 Å². The number of aliphatic hydroxyl groups is 1. The summed E-state index contributed by atoms with van der Waals surface area (Å²) in [5.41, 5.74) is -2.24. The monoisotopic (exact) mass is 636 g/mol. The molecule has 240 valence electrons. The number of methoxy groups -OCH3 is 3. The lowest BCUT2D eigenvalue weighted by Gasteiger charge is -2.26. The summed E-state index contributed by atoms with van der Waals surface area (Å²) < 4.78 is 61.7. The summed E-state index contributed by atoms with van der Waals surface area (Å²) >= 11 is 0. The highest BCUT2D eigenvalue weighted by molar-refractivity contribution is 6.02. The Morgan fingerprint density at radius 2 is 1.39 bits per heavy atom. The van der Waals surface area contributed by atoms with Crippen LogP contribution in [-0.4, -0.2) is 43.7 Å². The highest BCUT2D eigenvalue weighted by Gasteiger charge is 2.35. The molecule has 0 unspecified atom stereocenters. The predicted octanol–water partition coefficient (Wildman–Crippen LogP) is 7.14. The molecule has 3 aromatic rings. The summed E-state index contributed by atoms with van der Waals surface area (Å²) in [6.07, 6.45) is 1.93. The van der Waals surface area contributed by atoms with Gasteiger partial charge in [0.25, 0.3) is 5.91 Å². The Kier molecular flexibility index (Phi) is 11.2. The first kappa shape index (κ1) is 34.8. The fourth-order valence-electron chi connectivity index (χ4n) is 3.99.